The highest BCUT2D eigenvalue weighted by Gasteiger charge is 2.33. The second-order valence-electron chi connectivity index (χ2n) is 4.45. The van der Waals surface area contributed by atoms with Gasteiger partial charge >= 0.3 is 5.97 Å². The molecule has 0 saturated heterocycles. The SMILES string of the molecule is O=C(O)[C@@H]1CC[C@H](C(=O)NCc2sccc2Br)C1. The minimum absolute atomic E-state index is 0.0287. The van der Waals surface area contributed by atoms with Crippen LogP contribution in [0.15, 0.2) is 15.9 Å². The van der Waals surface area contributed by atoms with Crippen molar-refractivity contribution < 1.29 is 14.7 Å². The molecule has 0 radical (unpaired) electrons. The van der Waals surface area contributed by atoms with E-state index in [1.165, 1.54) is 0 Å². The van der Waals surface area contributed by atoms with Crippen molar-refractivity contribution >= 4 is 39.1 Å². The third kappa shape index (κ3) is 3.11. The van der Waals surface area contributed by atoms with E-state index in [0.29, 0.717) is 25.8 Å². The van der Waals surface area contributed by atoms with Gasteiger partial charge in [0, 0.05) is 15.3 Å². The molecule has 0 aliphatic heterocycles. The Bertz CT molecular complexity index is 460. The lowest BCUT2D eigenvalue weighted by molar-refractivity contribution is -0.141. The molecule has 18 heavy (non-hydrogen) atoms. The molecule has 1 saturated carbocycles. The quantitative estimate of drug-likeness (QED) is 0.891. The molecule has 2 rings (SSSR count). The van der Waals surface area contributed by atoms with E-state index < -0.39 is 5.97 Å². The summed E-state index contributed by atoms with van der Waals surface area (Å²) in [6, 6.07) is 1.95. The molecule has 1 aliphatic rings. The van der Waals surface area contributed by atoms with Gasteiger partial charge in [0.05, 0.1) is 12.5 Å². The molecular formula is C12H14BrNO3S. The molecule has 0 unspecified atom stereocenters. The van der Waals surface area contributed by atoms with E-state index in [1.54, 1.807) is 11.3 Å². The van der Waals surface area contributed by atoms with Gasteiger partial charge < -0.3 is 10.4 Å². The van der Waals surface area contributed by atoms with Crippen LogP contribution in [0, 0.1) is 11.8 Å². The third-order valence-electron chi connectivity index (χ3n) is 3.27. The number of halogens is 1. The van der Waals surface area contributed by atoms with Crippen LogP contribution in [0.1, 0.15) is 24.1 Å². The molecular weight excluding hydrogens is 318 g/mol. The predicted molar refractivity (Wildman–Crippen MR) is 72.3 cm³/mol. The van der Waals surface area contributed by atoms with Crippen molar-refractivity contribution in [1.29, 1.82) is 0 Å². The molecule has 2 atom stereocenters. The summed E-state index contributed by atoms with van der Waals surface area (Å²) >= 11 is 4.99. The topological polar surface area (TPSA) is 66.4 Å². The van der Waals surface area contributed by atoms with Gasteiger partial charge in [-0.3, -0.25) is 9.59 Å². The maximum Gasteiger partial charge on any atom is 0.306 e. The zero-order chi connectivity index (χ0) is 13.1. The molecule has 6 heteroatoms. The van der Waals surface area contributed by atoms with Gasteiger partial charge in [0.15, 0.2) is 0 Å². The van der Waals surface area contributed by atoms with E-state index in [9.17, 15) is 9.59 Å². The van der Waals surface area contributed by atoms with Crippen molar-refractivity contribution in [3.63, 3.8) is 0 Å². The Morgan fingerprint density at radius 3 is 2.72 bits per heavy atom. The zero-order valence-corrected chi connectivity index (χ0v) is 12.1. The van der Waals surface area contributed by atoms with E-state index in [1.807, 2.05) is 11.4 Å². The molecule has 1 heterocycles. The zero-order valence-electron chi connectivity index (χ0n) is 9.69. The fourth-order valence-electron chi connectivity index (χ4n) is 2.21. The standard InChI is InChI=1S/C12H14BrNO3S/c13-9-3-4-18-10(9)6-14-11(15)7-1-2-8(5-7)12(16)17/h3-4,7-8H,1-2,5-6H2,(H,14,15)(H,16,17)/t7-,8+/m0/s1. The van der Waals surface area contributed by atoms with Crippen molar-refractivity contribution in [1.82, 2.24) is 5.32 Å². The Balaban J connectivity index is 1.83. The Labute approximate surface area is 118 Å². The Morgan fingerprint density at radius 2 is 2.17 bits per heavy atom. The lowest BCUT2D eigenvalue weighted by atomic mass is 10.0. The smallest absolute Gasteiger partial charge is 0.306 e. The monoisotopic (exact) mass is 331 g/mol. The summed E-state index contributed by atoms with van der Waals surface area (Å²) in [5.74, 6) is -1.32. The van der Waals surface area contributed by atoms with E-state index in [0.717, 1.165) is 9.35 Å². The average Bonchev–Trinajstić information content (AvgIpc) is 2.94. The summed E-state index contributed by atoms with van der Waals surface area (Å²) in [6.07, 6.45) is 1.75. The second-order valence-corrected chi connectivity index (χ2v) is 6.31. The molecule has 98 valence electrons. The summed E-state index contributed by atoms with van der Waals surface area (Å²) in [4.78, 5) is 23.8. The lowest BCUT2D eigenvalue weighted by Crippen LogP contribution is -2.29. The first-order chi connectivity index (χ1) is 8.58. The number of hydrogen-bond acceptors (Lipinski definition) is 3. The van der Waals surface area contributed by atoms with Crippen LogP contribution < -0.4 is 5.32 Å². The summed E-state index contributed by atoms with van der Waals surface area (Å²) in [5, 5.41) is 13.7. The average molecular weight is 332 g/mol. The van der Waals surface area contributed by atoms with E-state index in [4.69, 9.17) is 5.11 Å². The van der Waals surface area contributed by atoms with Crippen molar-refractivity contribution in [3.05, 3.63) is 20.8 Å². The van der Waals surface area contributed by atoms with Gasteiger partial charge in [-0.2, -0.15) is 0 Å². The molecule has 1 aliphatic carbocycles. The van der Waals surface area contributed by atoms with E-state index in [2.05, 4.69) is 21.2 Å². The number of carboxylic acids is 1. The molecule has 1 aromatic rings. The number of nitrogens with one attached hydrogen (secondary N) is 1. The molecule has 0 bridgehead atoms. The van der Waals surface area contributed by atoms with Crippen molar-refractivity contribution in [2.24, 2.45) is 11.8 Å². The van der Waals surface area contributed by atoms with Crippen LogP contribution in [0.25, 0.3) is 0 Å². The van der Waals surface area contributed by atoms with Crippen LogP contribution in [-0.4, -0.2) is 17.0 Å². The minimum Gasteiger partial charge on any atom is -0.481 e. The van der Waals surface area contributed by atoms with Gasteiger partial charge in [0.25, 0.3) is 0 Å². The van der Waals surface area contributed by atoms with Gasteiger partial charge in [0.2, 0.25) is 5.91 Å². The normalized spacial score (nSPS) is 22.9. The number of carboxylic acid groups (broad SMARTS) is 1. The fraction of sp³-hybridized carbons (Fsp3) is 0.500. The first-order valence-corrected chi connectivity index (χ1v) is 7.47. The van der Waals surface area contributed by atoms with Gasteiger partial charge in [0.1, 0.15) is 0 Å². The lowest BCUT2D eigenvalue weighted by Gasteiger charge is -2.10. The van der Waals surface area contributed by atoms with Gasteiger partial charge in [-0.15, -0.1) is 11.3 Å². The number of amides is 1. The van der Waals surface area contributed by atoms with Crippen LogP contribution in [-0.2, 0) is 16.1 Å². The van der Waals surface area contributed by atoms with Crippen molar-refractivity contribution in [3.8, 4) is 0 Å². The predicted octanol–water partition coefficient (Wildman–Crippen LogP) is 2.63. The number of hydrogen-bond donors (Lipinski definition) is 2. The molecule has 0 spiro atoms. The van der Waals surface area contributed by atoms with Crippen LogP contribution >= 0.6 is 27.3 Å². The first kappa shape index (κ1) is 13.5. The van der Waals surface area contributed by atoms with Crippen LogP contribution in [0.3, 0.4) is 0 Å². The number of rotatable bonds is 4. The van der Waals surface area contributed by atoms with Crippen LogP contribution in [0.5, 0.6) is 0 Å². The molecule has 1 amide bonds. The highest BCUT2D eigenvalue weighted by atomic mass is 79.9. The Hall–Kier alpha value is -0.880. The first-order valence-electron chi connectivity index (χ1n) is 5.80. The third-order valence-corrected chi connectivity index (χ3v) is 5.19. The maximum absolute atomic E-state index is 11.9. The highest BCUT2D eigenvalue weighted by Crippen LogP contribution is 2.31. The number of thiophene rings is 1. The highest BCUT2D eigenvalue weighted by molar-refractivity contribution is 9.10. The largest absolute Gasteiger partial charge is 0.481 e. The number of aliphatic carboxylic acids is 1. The van der Waals surface area contributed by atoms with Crippen molar-refractivity contribution in [2.75, 3.05) is 0 Å². The molecule has 4 nitrogen and oxygen atoms in total. The summed E-state index contributed by atoms with van der Waals surface area (Å²) in [6.45, 7) is 0.505. The molecule has 1 aromatic heterocycles. The summed E-state index contributed by atoms with van der Waals surface area (Å²) in [5.41, 5.74) is 0. The fourth-order valence-corrected chi connectivity index (χ4v) is 3.64. The van der Waals surface area contributed by atoms with Gasteiger partial charge in [-0.25, -0.2) is 0 Å². The maximum atomic E-state index is 11.9. The second kappa shape index (κ2) is 5.84. The Kier molecular flexibility index (Phi) is 4.40. The number of carbonyl (C=O) groups is 2. The van der Waals surface area contributed by atoms with E-state index >= 15 is 0 Å². The number of carbonyl (C=O) groups excluding carboxylic acids is 1. The summed E-state index contributed by atoms with van der Waals surface area (Å²) in [7, 11) is 0. The molecule has 0 aromatic carbocycles. The molecule has 1 fully saturated rings. The Morgan fingerprint density at radius 1 is 1.44 bits per heavy atom. The van der Waals surface area contributed by atoms with Crippen LogP contribution in [0.2, 0.25) is 0 Å². The summed E-state index contributed by atoms with van der Waals surface area (Å²) < 4.78 is 1.00. The van der Waals surface area contributed by atoms with Gasteiger partial charge in [-0.1, -0.05) is 0 Å². The van der Waals surface area contributed by atoms with E-state index in [-0.39, 0.29) is 17.7 Å². The van der Waals surface area contributed by atoms with Gasteiger partial charge in [-0.05, 0) is 46.6 Å². The van der Waals surface area contributed by atoms with Crippen molar-refractivity contribution in [2.45, 2.75) is 25.8 Å². The van der Waals surface area contributed by atoms with Crippen LogP contribution in [0.4, 0.5) is 0 Å². The minimum atomic E-state index is -0.786. The molecule has 2 N–H and O–H groups in total.